The fourth-order valence-corrected chi connectivity index (χ4v) is 5.90. The Balaban J connectivity index is 2.03. The molecule has 42 heavy (non-hydrogen) atoms. The van der Waals surface area contributed by atoms with Gasteiger partial charge in [-0.15, -0.1) is 0 Å². The molecule has 0 bridgehead atoms. The molecular weight excluding hydrogens is 530 g/mol. The molecule has 4 aromatic rings. The standard InChI is InChI=1S/C35H33NO6/c1-5-40-33(38)30-31(34(39)41-6-2)35(26-18-12-8-13-19-26,29-22-28(23(3)37)24(4)42-29)36(27-20-14-9-15-21-27)32(30)25-16-10-7-11-17-25/h7-22,32H,5-6H2,1-4H3/t32-,35+/m0/s1. The summed E-state index contributed by atoms with van der Waals surface area (Å²) in [6.45, 7) is 6.83. The summed E-state index contributed by atoms with van der Waals surface area (Å²) < 4.78 is 17.8. The van der Waals surface area contributed by atoms with E-state index in [1.54, 1.807) is 26.8 Å². The fourth-order valence-electron chi connectivity index (χ4n) is 5.90. The highest BCUT2D eigenvalue weighted by molar-refractivity contribution is 6.07. The number of ketones is 1. The first-order chi connectivity index (χ1) is 20.4. The number of Topliss-reactive ketones (excluding diaryl/α,β-unsaturated/α-hetero) is 1. The lowest BCUT2D eigenvalue weighted by Crippen LogP contribution is -2.47. The Kier molecular flexibility index (Phi) is 8.11. The Bertz CT molecular complexity index is 1620. The van der Waals surface area contributed by atoms with Gasteiger partial charge in [0.1, 0.15) is 11.5 Å². The molecule has 0 saturated carbocycles. The number of rotatable bonds is 9. The van der Waals surface area contributed by atoms with Crippen LogP contribution in [0.3, 0.4) is 0 Å². The molecule has 1 aliphatic heterocycles. The maximum absolute atomic E-state index is 14.3. The van der Waals surface area contributed by atoms with Gasteiger partial charge in [-0.2, -0.15) is 0 Å². The fraction of sp³-hybridized carbons (Fsp3) is 0.229. The lowest BCUT2D eigenvalue weighted by Gasteiger charge is -2.43. The number of benzene rings is 3. The Morgan fingerprint density at radius 3 is 1.90 bits per heavy atom. The number of aryl methyl sites for hydroxylation is 1. The van der Waals surface area contributed by atoms with Gasteiger partial charge in [0.25, 0.3) is 0 Å². The molecule has 0 amide bonds. The maximum atomic E-state index is 14.3. The normalized spacial score (nSPS) is 18.2. The second-order valence-electron chi connectivity index (χ2n) is 9.96. The predicted molar refractivity (Wildman–Crippen MR) is 159 cm³/mol. The summed E-state index contributed by atoms with van der Waals surface area (Å²) in [6.07, 6.45) is 0. The summed E-state index contributed by atoms with van der Waals surface area (Å²) in [5.41, 5.74) is 1.23. The van der Waals surface area contributed by atoms with E-state index in [4.69, 9.17) is 13.9 Å². The first kappa shape index (κ1) is 28.6. The van der Waals surface area contributed by atoms with Gasteiger partial charge in [-0.25, -0.2) is 9.59 Å². The number of para-hydroxylation sites is 1. The molecule has 214 valence electrons. The smallest absolute Gasteiger partial charge is 0.337 e. The SMILES string of the molecule is CCOC(=O)C1=C(C(=O)OCC)[C@@](c2ccccc2)(c2cc(C(C)=O)c(C)o2)N(c2ccccc2)[C@H]1c1ccccc1. The first-order valence-corrected chi connectivity index (χ1v) is 14.0. The number of ether oxygens (including phenoxy) is 2. The van der Waals surface area contributed by atoms with Crippen molar-refractivity contribution in [3.63, 3.8) is 0 Å². The van der Waals surface area contributed by atoms with Crippen molar-refractivity contribution in [1.82, 2.24) is 0 Å². The first-order valence-electron chi connectivity index (χ1n) is 14.0. The topological polar surface area (TPSA) is 86.1 Å². The molecule has 0 N–H and O–H groups in total. The zero-order valence-corrected chi connectivity index (χ0v) is 24.1. The third-order valence-electron chi connectivity index (χ3n) is 7.49. The molecular formula is C35H33NO6. The molecule has 0 spiro atoms. The predicted octanol–water partition coefficient (Wildman–Crippen LogP) is 6.72. The van der Waals surface area contributed by atoms with Crippen LogP contribution in [0.4, 0.5) is 5.69 Å². The largest absolute Gasteiger partial charge is 0.463 e. The van der Waals surface area contributed by atoms with Crippen molar-refractivity contribution in [2.75, 3.05) is 18.1 Å². The van der Waals surface area contributed by atoms with Crippen LogP contribution in [0.2, 0.25) is 0 Å². The lowest BCUT2D eigenvalue weighted by molar-refractivity contribution is -0.142. The van der Waals surface area contributed by atoms with E-state index < -0.39 is 23.5 Å². The molecule has 1 aliphatic rings. The van der Waals surface area contributed by atoms with Crippen molar-refractivity contribution in [3.05, 3.63) is 136 Å². The van der Waals surface area contributed by atoms with Gasteiger partial charge < -0.3 is 18.8 Å². The number of hydrogen-bond acceptors (Lipinski definition) is 7. The van der Waals surface area contributed by atoms with Crippen LogP contribution >= 0.6 is 0 Å². The monoisotopic (exact) mass is 563 g/mol. The summed E-state index contributed by atoms with van der Waals surface area (Å²) in [5, 5.41) is 0. The summed E-state index contributed by atoms with van der Waals surface area (Å²) in [6, 6.07) is 29.3. The number of carbonyl (C=O) groups excluding carboxylic acids is 3. The average Bonchev–Trinajstić information content (AvgIpc) is 3.56. The molecule has 0 aliphatic carbocycles. The van der Waals surface area contributed by atoms with E-state index in [2.05, 4.69) is 0 Å². The van der Waals surface area contributed by atoms with Crippen molar-refractivity contribution in [1.29, 1.82) is 0 Å². The van der Waals surface area contributed by atoms with E-state index in [1.807, 2.05) is 95.9 Å². The van der Waals surface area contributed by atoms with Crippen LogP contribution in [0.25, 0.3) is 0 Å². The van der Waals surface area contributed by atoms with Crippen LogP contribution in [0.1, 0.15) is 59.8 Å². The van der Waals surface area contributed by atoms with Gasteiger partial charge in [0, 0.05) is 5.69 Å². The minimum atomic E-state index is -1.52. The third-order valence-corrected chi connectivity index (χ3v) is 7.49. The van der Waals surface area contributed by atoms with E-state index >= 15 is 0 Å². The number of anilines is 1. The summed E-state index contributed by atoms with van der Waals surface area (Å²) in [4.78, 5) is 43.0. The Hall–Kier alpha value is -4.91. The van der Waals surface area contributed by atoms with Gasteiger partial charge in [-0.1, -0.05) is 78.9 Å². The van der Waals surface area contributed by atoms with E-state index in [-0.39, 0.29) is 30.1 Å². The van der Waals surface area contributed by atoms with Gasteiger partial charge in [0.2, 0.25) is 0 Å². The number of furan rings is 1. The van der Waals surface area contributed by atoms with E-state index in [0.29, 0.717) is 22.6 Å². The molecule has 7 heteroatoms. The molecule has 7 nitrogen and oxygen atoms in total. The van der Waals surface area contributed by atoms with Crippen LogP contribution < -0.4 is 4.90 Å². The third kappa shape index (κ3) is 4.71. The number of nitrogens with zero attached hydrogens (tertiary/aromatic N) is 1. The van der Waals surface area contributed by atoms with E-state index in [0.717, 1.165) is 11.3 Å². The molecule has 3 aromatic carbocycles. The van der Waals surface area contributed by atoms with Gasteiger partial charge >= 0.3 is 11.9 Å². The number of carbonyl (C=O) groups is 3. The molecule has 0 saturated heterocycles. The second-order valence-corrected chi connectivity index (χ2v) is 9.96. The molecule has 5 rings (SSSR count). The van der Waals surface area contributed by atoms with E-state index in [1.165, 1.54) is 6.92 Å². The highest BCUT2D eigenvalue weighted by Crippen LogP contribution is 2.58. The van der Waals surface area contributed by atoms with Crippen molar-refractivity contribution in [2.45, 2.75) is 39.3 Å². The Labute approximate surface area is 245 Å². The number of esters is 2. The van der Waals surface area contributed by atoms with Crippen molar-refractivity contribution in [2.24, 2.45) is 0 Å². The molecule has 2 atom stereocenters. The lowest BCUT2D eigenvalue weighted by atomic mass is 9.79. The highest BCUT2D eigenvalue weighted by atomic mass is 16.5. The zero-order chi connectivity index (χ0) is 29.9. The van der Waals surface area contributed by atoms with Crippen LogP contribution in [0.5, 0.6) is 0 Å². The Morgan fingerprint density at radius 2 is 1.36 bits per heavy atom. The second kappa shape index (κ2) is 11.9. The summed E-state index contributed by atoms with van der Waals surface area (Å²) in [7, 11) is 0. The van der Waals surface area contributed by atoms with Crippen molar-refractivity contribution in [3.8, 4) is 0 Å². The summed E-state index contributed by atoms with van der Waals surface area (Å²) >= 11 is 0. The maximum Gasteiger partial charge on any atom is 0.337 e. The van der Waals surface area contributed by atoms with Gasteiger partial charge in [-0.3, -0.25) is 4.79 Å². The van der Waals surface area contributed by atoms with Crippen LogP contribution in [-0.4, -0.2) is 30.9 Å². The van der Waals surface area contributed by atoms with Crippen molar-refractivity contribution < 1.29 is 28.3 Å². The quantitative estimate of drug-likeness (QED) is 0.165. The minimum Gasteiger partial charge on any atom is -0.463 e. The van der Waals surface area contributed by atoms with Crippen LogP contribution in [0.15, 0.2) is 113 Å². The van der Waals surface area contributed by atoms with Crippen molar-refractivity contribution >= 4 is 23.4 Å². The zero-order valence-electron chi connectivity index (χ0n) is 24.1. The molecule has 1 aromatic heterocycles. The molecule has 0 radical (unpaired) electrons. The van der Waals surface area contributed by atoms with Gasteiger partial charge in [-0.05, 0) is 57.0 Å². The molecule has 0 unspecified atom stereocenters. The number of hydrogen-bond donors (Lipinski definition) is 0. The van der Waals surface area contributed by atoms with E-state index in [9.17, 15) is 14.4 Å². The van der Waals surface area contributed by atoms with Gasteiger partial charge in [0.15, 0.2) is 11.3 Å². The summed E-state index contributed by atoms with van der Waals surface area (Å²) in [5.74, 6) is -0.777. The molecule has 0 fully saturated rings. The highest BCUT2D eigenvalue weighted by Gasteiger charge is 2.61. The van der Waals surface area contributed by atoms with Crippen LogP contribution in [0, 0.1) is 6.92 Å². The minimum absolute atomic E-state index is 0.0792. The Morgan fingerprint density at radius 1 is 0.810 bits per heavy atom. The van der Waals surface area contributed by atoms with Gasteiger partial charge in [0.05, 0.1) is 36.0 Å². The molecule has 2 heterocycles. The average molecular weight is 564 g/mol. The van der Waals surface area contributed by atoms with Crippen LogP contribution in [-0.2, 0) is 24.6 Å².